The molecule has 0 saturated heterocycles. The SMILES string of the molecule is CCOC(=O)CC[C@H](NC(=O)CCSC)C(=O)O. The standard InChI is InChI=1S/C11H19NO5S/c1-3-17-10(14)5-4-8(11(15)16)12-9(13)6-7-18-2/h8H,3-7H2,1-2H3,(H,12,13)(H,15,16)/t8-/m0/s1. The van der Waals surface area contributed by atoms with Crippen LogP contribution >= 0.6 is 11.8 Å². The number of carboxylic acid groups (broad SMARTS) is 1. The molecule has 0 aromatic carbocycles. The molecule has 1 atom stereocenters. The molecular weight excluding hydrogens is 258 g/mol. The molecule has 0 radical (unpaired) electrons. The molecule has 0 unspecified atom stereocenters. The number of carboxylic acids is 1. The summed E-state index contributed by atoms with van der Waals surface area (Å²) in [6.07, 6.45) is 2.15. The number of rotatable bonds is 9. The number of amides is 1. The number of carbonyl (C=O) groups excluding carboxylic acids is 2. The molecule has 0 saturated carbocycles. The summed E-state index contributed by atoms with van der Waals surface area (Å²) in [5.41, 5.74) is 0. The molecule has 1 amide bonds. The highest BCUT2D eigenvalue weighted by molar-refractivity contribution is 7.98. The number of nitrogens with one attached hydrogen (secondary N) is 1. The molecule has 7 heteroatoms. The van der Waals surface area contributed by atoms with E-state index >= 15 is 0 Å². The first-order valence-electron chi connectivity index (χ1n) is 5.68. The lowest BCUT2D eigenvalue weighted by atomic mass is 10.1. The van der Waals surface area contributed by atoms with Crippen LogP contribution in [0.3, 0.4) is 0 Å². The predicted octanol–water partition coefficient (Wildman–Crippen LogP) is 0.652. The molecule has 104 valence electrons. The van der Waals surface area contributed by atoms with E-state index in [1.54, 1.807) is 6.92 Å². The van der Waals surface area contributed by atoms with Gasteiger partial charge in [0.15, 0.2) is 0 Å². The number of esters is 1. The quantitative estimate of drug-likeness (QED) is 0.601. The lowest BCUT2D eigenvalue weighted by molar-refractivity contribution is -0.145. The van der Waals surface area contributed by atoms with Gasteiger partial charge in [0, 0.05) is 18.6 Å². The van der Waals surface area contributed by atoms with Crippen molar-refractivity contribution in [1.82, 2.24) is 5.32 Å². The highest BCUT2D eigenvalue weighted by atomic mass is 32.2. The van der Waals surface area contributed by atoms with E-state index in [-0.39, 0.29) is 31.8 Å². The molecule has 0 aromatic rings. The highest BCUT2D eigenvalue weighted by Gasteiger charge is 2.20. The molecule has 0 heterocycles. The van der Waals surface area contributed by atoms with Crippen LogP contribution in [0.4, 0.5) is 0 Å². The van der Waals surface area contributed by atoms with Gasteiger partial charge in [-0.3, -0.25) is 9.59 Å². The monoisotopic (exact) mass is 277 g/mol. The Hall–Kier alpha value is -1.24. The molecule has 0 rings (SSSR count). The second-order valence-corrected chi connectivity index (χ2v) is 4.53. The van der Waals surface area contributed by atoms with Crippen LogP contribution < -0.4 is 5.32 Å². The lowest BCUT2D eigenvalue weighted by Crippen LogP contribution is -2.41. The maximum Gasteiger partial charge on any atom is 0.326 e. The van der Waals surface area contributed by atoms with Crippen molar-refractivity contribution in [2.45, 2.75) is 32.2 Å². The number of thioether (sulfide) groups is 1. The zero-order valence-electron chi connectivity index (χ0n) is 10.6. The fourth-order valence-corrected chi connectivity index (χ4v) is 1.60. The smallest absolute Gasteiger partial charge is 0.326 e. The average molecular weight is 277 g/mol. The van der Waals surface area contributed by atoms with Gasteiger partial charge >= 0.3 is 11.9 Å². The Labute approximate surface area is 110 Å². The Morgan fingerprint density at radius 3 is 2.50 bits per heavy atom. The number of carbonyl (C=O) groups is 3. The highest BCUT2D eigenvalue weighted by Crippen LogP contribution is 2.02. The molecule has 0 aromatic heterocycles. The van der Waals surface area contributed by atoms with Gasteiger partial charge in [-0.15, -0.1) is 0 Å². The minimum atomic E-state index is -1.14. The summed E-state index contributed by atoms with van der Waals surface area (Å²) in [6, 6.07) is -1.04. The number of hydrogen-bond acceptors (Lipinski definition) is 5. The van der Waals surface area contributed by atoms with E-state index in [9.17, 15) is 14.4 Å². The molecule has 18 heavy (non-hydrogen) atoms. The van der Waals surface area contributed by atoms with Crippen molar-refractivity contribution in [3.63, 3.8) is 0 Å². The molecule has 0 aliphatic heterocycles. The van der Waals surface area contributed by atoms with E-state index < -0.39 is 18.0 Å². The number of ether oxygens (including phenoxy) is 1. The molecule has 2 N–H and O–H groups in total. The van der Waals surface area contributed by atoms with Gasteiger partial charge < -0.3 is 15.2 Å². The van der Waals surface area contributed by atoms with Gasteiger partial charge in [-0.05, 0) is 19.6 Å². The van der Waals surface area contributed by atoms with Crippen LogP contribution in [0.25, 0.3) is 0 Å². The third kappa shape index (κ3) is 7.94. The zero-order chi connectivity index (χ0) is 14.0. The van der Waals surface area contributed by atoms with Gasteiger partial charge in [-0.25, -0.2) is 4.79 Å². The predicted molar refractivity (Wildman–Crippen MR) is 68.4 cm³/mol. The van der Waals surface area contributed by atoms with Crippen molar-refractivity contribution in [2.75, 3.05) is 18.6 Å². The molecule has 6 nitrogen and oxygen atoms in total. The first-order valence-corrected chi connectivity index (χ1v) is 7.07. The summed E-state index contributed by atoms with van der Waals surface area (Å²) in [6.45, 7) is 1.94. The zero-order valence-corrected chi connectivity index (χ0v) is 11.4. The fourth-order valence-electron chi connectivity index (χ4n) is 1.21. The van der Waals surface area contributed by atoms with Crippen LogP contribution in [0.2, 0.25) is 0 Å². The summed E-state index contributed by atoms with van der Waals surface area (Å²) < 4.78 is 4.69. The summed E-state index contributed by atoms with van der Waals surface area (Å²) in [4.78, 5) is 33.4. The summed E-state index contributed by atoms with van der Waals surface area (Å²) in [5.74, 6) is -1.28. The first kappa shape index (κ1) is 16.8. The van der Waals surface area contributed by atoms with Crippen molar-refractivity contribution in [3.05, 3.63) is 0 Å². The third-order valence-electron chi connectivity index (χ3n) is 2.11. The van der Waals surface area contributed by atoms with Crippen molar-refractivity contribution in [3.8, 4) is 0 Å². The minimum Gasteiger partial charge on any atom is -0.480 e. The number of aliphatic carboxylic acids is 1. The largest absolute Gasteiger partial charge is 0.480 e. The topological polar surface area (TPSA) is 92.7 Å². The average Bonchev–Trinajstić information content (AvgIpc) is 2.31. The van der Waals surface area contributed by atoms with Crippen LogP contribution in [0.5, 0.6) is 0 Å². The van der Waals surface area contributed by atoms with Gasteiger partial charge in [-0.1, -0.05) is 0 Å². The van der Waals surface area contributed by atoms with Crippen molar-refractivity contribution >= 4 is 29.6 Å². The molecule has 0 aliphatic carbocycles. The Morgan fingerprint density at radius 2 is 2.00 bits per heavy atom. The summed E-state index contributed by atoms with van der Waals surface area (Å²) in [7, 11) is 0. The summed E-state index contributed by atoms with van der Waals surface area (Å²) in [5, 5.41) is 11.3. The van der Waals surface area contributed by atoms with E-state index in [1.165, 1.54) is 11.8 Å². The van der Waals surface area contributed by atoms with Gasteiger partial charge in [0.1, 0.15) is 6.04 Å². The van der Waals surface area contributed by atoms with Gasteiger partial charge in [0.25, 0.3) is 0 Å². The molecule has 0 fully saturated rings. The van der Waals surface area contributed by atoms with Gasteiger partial charge in [0.2, 0.25) is 5.91 Å². The van der Waals surface area contributed by atoms with Gasteiger partial charge in [0.05, 0.1) is 6.61 Å². The van der Waals surface area contributed by atoms with E-state index in [1.807, 2.05) is 6.26 Å². The Kier molecular flexibility index (Phi) is 9.08. The second kappa shape index (κ2) is 9.76. The Bertz CT molecular complexity index is 295. The molecule has 0 spiro atoms. The maximum atomic E-state index is 11.4. The van der Waals surface area contributed by atoms with E-state index in [2.05, 4.69) is 5.32 Å². The van der Waals surface area contributed by atoms with Crippen LogP contribution in [-0.2, 0) is 19.1 Å². The van der Waals surface area contributed by atoms with E-state index in [0.29, 0.717) is 5.75 Å². The fraction of sp³-hybridized carbons (Fsp3) is 0.727. The molecular formula is C11H19NO5S. The summed E-state index contributed by atoms with van der Waals surface area (Å²) >= 11 is 1.51. The van der Waals surface area contributed by atoms with Gasteiger partial charge in [-0.2, -0.15) is 11.8 Å². The van der Waals surface area contributed by atoms with E-state index in [4.69, 9.17) is 9.84 Å². The molecule has 0 aliphatic rings. The van der Waals surface area contributed by atoms with Crippen LogP contribution in [0.15, 0.2) is 0 Å². The normalized spacial score (nSPS) is 11.7. The Balaban J connectivity index is 4.11. The van der Waals surface area contributed by atoms with E-state index in [0.717, 1.165) is 0 Å². The van der Waals surface area contributed by atoms with Crippen LogP contribution in [0.1, 0.15) is 26.2 Å². The third-order valence-corrected chi connectivity index (χ3v) is 2.72. The molecule has 0 bridgehead atoms. The number of hydrogen-bond donors (Lipinski definition) is 2. The first-order chi connectivity index (χ1) is 8.51. The van der Waals surface area contributed by atoms with Crippen LogP contribution in [-0.4, -0.2) is 47.6 Å². The van der Waals surface area contributed by atoms with Crippen molar-refractivity contribution < 1.29 is 24.2 Å². The minimum absolute atomic E-state index is 0.0202. The van der Waals surface area contributed by atoms with Crippen LogP contribution in [0, 0.1) is 0 Å². The van der Waals surface area contributed by atoms with Crippen molar-refractivity contribution in [2.24, 2.45) is 0 Å². The van der Waals surface area contributed by atoms with Crippen molar-refractivity contribution in [1.29, 1.82) is 0 Å². The maximum absolute atomic E-state index is 11.4. The lowest BCUT2D eigenvalue weighted by Gasteiger charge is -2.13. The second-order valence-electron chi connectivity index (χ2n) is 3.54. The Morgan fingerprint density at radius 1 is 1.33 bits per heavy atom.